The number of imide groups is 2. The number of benzene rings is 1. The second-order valence-electron chi connectivity index (χ2n) is 8.24. The third-order valence-corrected chi connectivity index (χ3v) is 6.35. The van der Waals surface area contributed by atoms with Crippen molar-refractivity contribution in [1.29, 1.82) is 0 Å². The molecule has 1 aromatic rings. The fourth-order valence-electron chi connectivity index (χ4n) is 4.72. The largest absolute Gasteiger partial charge is 0.496 e. The Hall–Kier alpha value is -3.03. The van der Waals surface area contributed by atoms with Crippen molar-refractivity contribution in [2.75, 3.05) is 32.2 Å². The van der Waals surface area contributed by atoms with Crippen LogP contribution in [0.4, 0.5) is 10.5 Å². The standard InChI is InChI=1S/C23H29N3O5/c1-30-19-14-18(25-10-6-7-11-25)20(31-2)13-15(19)12-17-21(27)24-23(29)26(22(17)28)16-8-4-3-5-9-16/h12-14,16H,3-11H2,1-2H3,(H,24,27,29). The molecule has 0 unspecified atom stereocenters. The molecule has 4 amide bonds. The number of carbonyl (C=O) groups excluding carboxylic acids is 3. The van der Waals surface area contributed by atoms with Crippen LogP contribution in [0.25, 0.3) is 6.08 Å². The summed E-state index contributed by atoms with van der Waals surface area (Å²) in [5.41, 5.74) is 1.41. The van der Waals surface area contributed by atoms with Crippen LogP contribution in [0.15, 0.2) is 17.7 Å². The van der Waals surface area contributed by atoms with Crippen LogP contribution in [0.5, 0.6) is 11.5 Å². The Morgan fingerprint density at radius 3 is 2.26 bits per heavy atom. The van der Waals surface area contributed by atoms with E-state index >= 15 is 0 Å². The molecule has 0 spiro atoms. The number of anilines is 1. The Morgan fingerprint density at radius 2 is 1.61 bits per heavy atom. The topological polar surface area (TPSA) is 88.2 Å². The Kier molecular flexibility index (Phi) is 6.15. The van der Waals surface area contributed by atoms with E-state index in [1.54, 1.807) is 20.3 Å². The van der Waals surface area contributed by atoms with Gasteiger partial charge in [-0.25, -0.2) is 4.79 Å². The molecular weight excluding hydrogens is 398 g/mol. The average molecular weight is 428 g/mol. The van der Waals surface area contributed by atoms with Gasteiger partial charge in [0, 0.05) is 30.8 Å². The van der Waals surface area contributed by atoms with Crippen LogP contribution in [-0.4, -0.2) is 56.1 Å². The molecule has 1 N–H and O–H groups in total. The first-order valence-corrected chi connectivity index (χ1v) is 10.9. The molecule has 2 aliphatic heterocycles. The molecule has 8 heteroatoms. The Balaban J connectivity index is 1.70. The van der Waals surface area contributed by atoms with Crippen molar-refractivity contribution in [3.8, 4) is 11.5 Å². The van der Waals surface area contributed by atoms with E-state index in [1.807, 2.05) is 6.07 Å². The summed E-state index contributed by atoms with van der Waals surface area (Å²) in [4.78, 5) is 41.6. The van der Waals surface area contributed by atoms with Crippen molar-refractivity contribution in [1.82, 2.24) is 10.2 Å². The van der Waals surface area contributed by atoms with Gasteiger partial charge >= 0.3 is 6.03 Å². The Bertz CT molecular complexity index is 914. The maximum atomic E-state index is 13.2. The van der Waals surface area contributed by atoms with E-state index in [-0.39, 0.29) is 11.6 Å². The minimum Gasteiger partial charge on any atom is -0.496 e. The summed E-state index contributed by atoms with van der Waals surface area (Å²) >= 11 is 0. The van der Waals surface area contributed by atoms with E-state index in [1.165, 1.54) is 11.0 Å². The number of ether oxygens (including phenoxy) is 2. The summed E-state index contributed by atoms with van der Waals surface area (Å²) in [5.74, 6) is -0.0488. The fourth-order valence-corrected chi connectivity index (χ4v) is 4.72. The first kappa shape index (κ1) is 21.2. The maximum Gasteiger partial charge on any atom is 0.331 e. The SMILES string of the molecule is COc1cc(N2CCCC2)c(OC)cc1C=C1C(=O)NC(=O)N(C2CCCCC2)C1=O. The number of nitrogens with zero attached hydrogens (tertiary/aromatic N) is 2. The number of rotatable bonds is 5. The Labute approximate surface area is 182 Å². The van der Waals surface area contributed by atoms with Gasteiger partial charge in [-0.05, 0) is 37.8 Å². The molecular formula is C23H29N3O5. The van der Waals surface area contributed by atoms with Gasteiger partial charge in [0.25, 0.3) is 11.8 Å². The molecule has 1 aromatic carbocycles. The van der Waals surface area contributed by atoms with Crippen LogP contribution in [0.3, 0.4) is 0 Å². The number of hydrogen-bond donors (Lipinski definition) is 1. The number of barbiturate groups is 1. The molecule has 2 saturated heterocycles. The van der Waals surface area contributed by atoms with Gasteiger partial charge in [0.05, 0.1) is 19.9 Å². The minimum absolute atomic E-state index is 0.0700. The van der Waals surface area contributed by atoms with Crippen LogP contribution >= 0.6 is 0 Å². The number of methoxy groups -OCH3 is 2. The third kappa shape index (κ3) is 4.11. The fraction of sp³-hybridized carbons (Fsp3) is 0.522. The first-order chi connectivity index (χ1) is 15.0. The molecule has 31 heavy (non-hydrogen) atoms. The summed E-state index contributed by atoms with van der Waals surface area (Å²) in [6.07, 6.45) is 8.31. The van der Waals surface area contributed by atoms with Gasteiger partial charge < -0.3 is 14.4 Å². The van der Waals surface area contributed by atoms with Gasteiger partial charge in [-0.2, -0.15) is 0 Å². The predicted molar refractivity (Wildman–Crippen MR) is 116 cm³/mol. The normalized spacial score (nSPS) is 21.6. The highest BCUT2D eigenvalue weighted by Gasteiger charge is 2.40. The van der Waals surface area contributed by atoms with E-state index in [0.29, 0.717) is 17.1 Å². The van der Waals surface area contributed by atoms with Crippen molar-refractivity contribution in [3.05, 3.63) is 23.3 Å². The van der Waals surface area contributed by atoms with Gasteiger partial charge in [0.15, 0.2) is 0 Å². The lowest BCUT2D eigenvalue weighted by Gasteiger charge is -2.35. The van der Waals surface area contributed by atoms with Gasteiger partial charge in [-0.3, -0.25) is 19.8 Å². The van der Waals surface area contributed by atoms with Crippen LogP contribution in [0, 0.1) is 0 Å². The molecule has 1 aliphatic carbocycles. The molecule has 1 saturated carbocycles. The predicted octanol–water partition coefficient (Wildman–Crippen LogP) is 3.10. The van der Waals surface area contributed by atoms with Gasteiger partial charge in [0.2, 0.25) is 0 Å². The average Bonchev–Trinajstić information content (AvgIpc) is 3.31. The number of amides is 4. The lowest BCUT2D eigenvalue weighted by molar-refractivity contribution is -0.132. The summed E-state index contributed by atoms with van der Waals surface area (Å²) in [5, 5.41) is 2.33. The second-order valence-corrected chi connectivity index (χ2v) is 8.24. The monoisotopic (exact) mass is 427 g/mol. The van der Waals surface area contributed by atoms with Crippen molar-refractivity contribution in [2.45, 2.75) is 51.0 Å². The van der Waals surface area contributed by atoms with Crippen molar-refractivity contribution in [2.24, 2.45) is 0 Å². The highest BCUT2D eigenvalue weighted by atomic mass is 16.5. The molecule has 0 aromatic heterocycles. The van der Waals surface area contributed by atoms with Crippen LogP contribution in [0.2, 0.25) is 0 Å². The second kappa shape index (κ2) is 8.99. The molecule has 0 atom stereocenters. The lowest BCUT2D eigenvalue weighted by atomic mass is 9.93. The van der Waals surface area contributed by atoms with Crippen LogP contribution < -0.4 is 19.7 Å². The minimum atomic E-state index is -0.688. The summed E-state index contributed by atoms with van der Waals surface area (Å²) in [6.45, 7) is 1.89. The van der Waals surface area contributed by atoms with Crippen molar-refractivity contribution >= 4 is 29.6 Å². The summed E-state index contributed by atoms with van der Waals surface area (Å²) in [7, 11) is 3.15. The maximum absolute atomic E-state index is 13.2. The zero-order valence-electron chi connectivity index (χ0n) is 18.1. The van der Waals surface area contributed by atoms with Crippen molar-refractivity contribution in [3.63, 3.8) is 0 Å². The number of hydrogen-bond acceptors (Lipinski definition) is 6. The van der Waals surface area contributed by atoms with E-state index in [4.69, 9.17) is 9.47 Å². The molecule has 3 fully saturated rings. The summed E-state index contributed by atoms with van der Waals surface area (Å²) < 4.78 is 11.2. The Morgan fingerprint density at radius 1 is 0.935 bits per heavy atom. The third-order valence-electron chi connectivity index (χ3n) is 6.35. The number of urea groups is 1. The molecule has 166 valence electrons. The van der Waals surface area contributed by atoms with E-state index < -0.39 is 17.8 Å². The number of nitrogens with one attached hydrogen (secondary N) is 1. The molecule has 3 aliphatic rings. The molecule has 0 bridgehead atoms. The van der Waals surface area contributed by atoms with E-state index in [2.05, 4.69) is 10.2 Å². The van der Waals surface area contributed by atoms with Gasteiger partial charge in [-0.1, -0.05) is 19.3 Å². The highest BCUT2D eigenvalue weighted by Crippen LogP contribution is 2.38. The first-order valence-electron chi connectivity index (χ1n) is 10.9. The lowest BCUT2D eigenvalue weighted by Crippen LogP contribution is -2.58. The smallest absolute Gasteiger partial charge is 0.331 e. The molecule has 4 rings (SSSR count). The van der Waals surface area contributed by atoms with Gasteiger partial charge in [0.1, 0.15) is 17.1 Å². The van der Waals surface area contributed by atoms with Crippen LogP contribution in [-0.2, 0) is 9.59 Å². The van der Waals surface area contributed by atoms with E-state index in [9.17, 15) is 14.4 Å². The van der Waals surface area contributed by atoms with Gasteiger partial charge in [-0.15, -0.1) is 0 Å². The molecule has 2 heterocycles. The van der Waals surface area contributed by atoms with Crippen molar-refractivity contribution < 1.29 is 23.9 Å². The number of carbonyl (C=O) groups is 3. The highest BCUT2D eigenvalue weighted by molar-refractivity contribution is 6.31. The summed E-state index contributed by atoms with van der Waals surface area (Å²) in [6, 6.07) is 2.85. The quantitative estimate of drug-likeness (QED) is 0.574. The zero-order chi connectivity index (χ0) is 22.0. The van der Waals surface area contributed by atoms with E-state index in [0.717, 1.165) is 63.7 Å². The van der Waals surface area contributed by atoms with Crippen LogP contribution in [0.1, 0.15) is 50.5 Å². The molecule has 8 nitrogen and oxygen atoms in total. The molecule has 0 radical (unpaired) electrons. The zero-order valence-corrected chi connectivity index (χ0v) is 18.1.